The number of carbonyl (C=O) groups is 1. The zero-order chi connectivity index (χ0) is 14.1. The normalized spacial score (nSPS) is 17.8. The highest BCUT2D eigenvalue weighted by Gasteiger charge is 2.29. The van der Waals surface area contributed by atoms with E-state index in [-0.39, 0.29) is 11.8 Å². The number of H-pyrrole nitrogens is 1. The number of hydrogen-bond acceptors (Lipinski definition) is 4. The van der Waals surface area contributed by atoms with Crippen LogP contribution in [0.3, 0.4) is 0 Å². The summed E-state index contributed by atoms with van der Waals surface area (Å²) in [6.45, 7) is 2.32. The second kappa shape index (κ2) is 5.36. The van der Waals surface area contributed by atoms with Crippen molar-refractivity contribution in [3.8, 4) is 0 Å². The van der Waals surface area contributed by atoms with Gasteiger partial charge in [-0.2, -0.15) is 5.10 Å². The number of amides is 1. The van der Waals surface area contributed by atoms with Gasteiger partial charge in [-0.1, -0.05) is 0 Å². The third-order valence-electron chi connectivity index (χ3n) is 3.75. The summed E-state index contributed by atoms with van der Waals surface area (Å²) in [5.74, 6) is 1.63. The van der Waals surface area contributed by atoms with Crippen molar-refractivity contribution in [2.45, 2.75) is 38.6 Å². The summed E-state index contributed by atoms with van der Waals surface area (Å²) in [7, 11) is 1.83. The smallest absolute Gasteiger partial charge is 0.230 e. The Kier molecular flexibility index (Phi) is 3.56. The van der Waals surface area contributed by atoms with Crippen LogP contribution in [0.15, 0.2) is 11.4 Å². The number of hydrogen-bond donors (Lipinski definition) is 1. The molecule has 1 aliphatic rings. The average molecular weight is 290 g/mol. The van der Waals surface area contributed by atoms with Gasteiger partial charge in [-0.3, -0.25) is 9.89 Å². The standard InChI is InChI=1S/C14H18N4OS/c1-9-15-13(17-16-9)8-18(2)14(19)11-4-3-5-12-10(11)6-7-20-12/h6-7,11H,3-5,8H2,1-2H3,(H,15,16,17). The molecule has 0 aliphatic heterocycles. The number of carbonyl (C=O) groups excluding carboxylic acids is 1. The minimum Gasteiger partial charge on any atom is -0.338 e. The maximum atomic E-state index is 12.6. The Balaban J connectivity index is 1.73. The average Bonchev–Trinajstić information content (AvgIpc) is 3.06. The molecule has 0 bridgehead atoms. The fourth-order valence-electron chi connectivity index (χ4n) is 2.76. The summed E-state index contributed by atoms with van der Waals surface area (Å²) < 4.78 is 0. The number of fused-ring (bicyclic) bond motifs is 1. The maximum Gasteiger partial charge on any atom is 0.230 e. The molecular weight excluding hydrogens is 272 g/mol. The molecule has 1 atom stereocenters. The molecule has 0 spiro atoms. The van der Waals surface area contributed by atoms with Gasteiger partial charge in [-0.25, -0.2) is 4.98 Å². The third kappa shape index (κ3) is 2.47. The zero-order valence-corrected chi connectivity index (χ0v) is 12.5. The van der Waals surface area contributed by atoms with Crippen molar-refractivity contribution in [2.75, 3.05) is 7.05 Å². The third-order valence-corrected chi connectivity index (χ3v) is 4.74. The van der Waals surface area contributed by atoms with Crippen molar-refractivity contribution < 1.29 is 4.79 Å². The Morgan fingerprint density at radius 2 is 2.45 bits per heavy atom. The molecule has 1 amide bonds. The van der Waals surface area contributed by atoms with Crippen LogP contribution in [-0.2, 0) is 17.8 Å². The lowest BCUT2D eigenvalue weighted by atomic mass is 9.87. The zero-order valence-electron chi connectivity index (χ0n) is 11.7. The van der Waals surface area contributed by atoms with Gasteiger partial charge < -0.3 is 4.90 Å². The van der Waals surface area contributed by atoms with Crippen molar-refractivity contribution in [1.29, 1.82) is 0 Å². The van der Waals surface area contributed by atoms with Gasteiger partial charge in [0.15, 0.2) is 5.82 Å². The number of likely N-dealkylation sites (N-methyl/N-ethyl adjacent to an activating group) is 1. The fourth-order valence-corrected chi connectivity index (χ4v) is 3.75. The van der Waals surface area contributed by atoms with E-state index in [1.54, 1.807) is 16.2 Å². The van der Waals surface area contributed by atoms with Crippen LogP contribution in [-0.4, -0.2) is 33.0 Å². The summed E-state index contributed by atoms with van der Waals surface area (Å²) in [5.41, 5.74) is 1.23. The van der Waals surface area contributed by atoms with E-state index in [1.165, 1.54) is 10.4 Å². The predicted octanol–water partition coefficient (Wildman–Crippen LogP) is 2.25. The highest BCUT2D eigenvalue weighted by atomic mass is 32.1. The SMILES string of the molecule is Cc1nc(CN(C)C(=O)C2CCCc3sccc32)n[nH]1. The second-order valence-corrected chi connectivity index (χ2v) is 6.28. The number of aromatic nitrogens is 3. The topological polar surface area (TPSA) is 61.9 Å². The lowest BCUT2D eigenvalue weighted by molar-refractivity contribution is -0.132. The van der Waals surface area contributed by atoms with Crippen LogP contribution in [0, 0.1) is 6.92 Å². The van der Waals surface area contributed by atoms with Gasteiger partial charge in [0.2, 0.25) is 5.91 Å². The molecule has 0 fully saturated rings. The molecule has 0 saturated carbocycles. The van der Waals surface area contributed by atoms with Crippen LogP contribution in [0.25, 0.3) is 0 Å². The molecule has 20 heavy (non-hydrogen) atoms. The lowest BCUT2D eigenvalue weighted by Gasteiger charge is -2.26. The Hall–Kier alpha value is -1.69. The molecular formula is C14H18N4OS. The molecule has 106 valence electrons. The van der Waals surface area contributed by atoms with Crippen molar-refractivity contribution in [3.05, 3.63) is 33.5 Å². The molecule has 1 aliphatic carbocycles. The summed E-state index contributed by atoms with van der Waals surface area (Å²) in [5, 5.41) is 8.99. The van der Waals surface area contributed by atoms with Crippen molar-refractivity contribution in [1.82, 2.24) is 20.1 Å². The number of nitrogens with zero attached hydrogens (tertiary/aromatic N) is 3. The first kappa shape index (κ1) is 13.3. The quantitative estimate of drug-likeness (QED) is 0.943. The summed E-state index contributed by atoms with van der Waals surface area (Å²) in [6, 6.07) is 2.10. The van der Waals surface area contributed by atoms with Crippen LogP contribution in [0.4, 0.5) is 0 Å². The highest BCUT2D eigenvalue weighted by Crippen LogP contribution is 2.36. The Morgan fingerprint density at radius 1 is 1.60 bits per heavy atom. The predicted molar refractivity (Wildman–Crippen MR) is 77.6 cm³/mol. The number of aryl methyl sites for hydroxylation is 2. The molecule has 0 radical (unpaired) electrons. The number of thiophene rings is 1. The van der Waals surface area contributed by atoms with E-state index in [0.29, 0.717) is 12.4 Å². The molecule has 5 nitrogen and oxygen atoms in total. The summed E-state index contributed by atoms with van der Waals surface area (Å²) >= 11 is 1.77. The van der Waals surface area contributed by atoms with Crippen molar-refractivity contribution >= 4 is 17.2 Å². The molecule has 1 unspecified atom stereocenters. The van der Waals surface area contributed by atoms with Crippen molar-refractivity contribution in [2.24, 2.45) is 0 Å². The van der Waals surface area contributed by atoms with E-state index in [9.17, 15) is 4.79 Å². The number of nitrogens with one attached hydrogen (secondary N) is 1. The minimum absolute atomic E-state index is 0.00930. The molecule has 1 N–H and O–H groups in total. The van der Waals surface area contributed by atoms with Gasteiger partial charge in [0.05, 0.1) is 12.5 Å². The minimum atomic E-state index is 0.00930. The van der Waals surface area contributed by atoms with Gasteiger partial charge in [-0.15, -0.1) is 11.3 Å². The van der Waals surface area contributed by atoms with E-state index in [4.69, 9.17) is 0 Å². The van der Waals surface area contributed by atoms with Crippen LogP contribution in [0.1, 0.15) is 40.8 Å². The molecule has 6 heteroatoms. The van der Waals surface area contributed by atoms with Crippen LogP contribution in [0.5, 0.6) is 0 Å². The first-order valence-electron chi connectivity index (χ1n) is 6.84. The molecule has 0 aromatic carbocycles. The fraction of sp³-hybridized carbons (Fsp3) is 0.500. The number of aromatic amines is 1. The Morgan fingerprint density at radius 3 is 3.20 bits per heavy atom. The highest BCUT2D eigenvalue weighted by molar-refractivity contribution is 7.10. The molecule has 0 saturated heterocycles. The van der Waals surface area contributed by atoms with Gasteiger partial charge >= 0.3 is 0 Å². The molecule has 3 rings (SSSR count). The van der Waals surface area contributed by atoms with Crippen LogP contribution in [0.2, 0.25) is 0 Å². The lowest BCUT2D eigenvalue weighted by Crippen LogP contribution is -2.33. The largest absolute Gasteiger partial charge is 0.338 e. The van der Waals surface area contributed by atoms with E-state index in [1.807, 2.05) is 14.0 Å². The summed E-state index contributed by atoms with van der Waals surface area (Å²) in [4.78, 5) is 20.0. The van der Waals surface area contributed by atoms with Gasteiger partial charge in [0.25, 0.3) is 0 Å². The first-order chi connectivity index (χ1) is 9.65. The van der Waals surface area contributed by atoms with E-state index < -0.39 is 0 Å². The molecule has 2 aromatic rings. The first-order valence-corrected chi connectivity index (χ1v) is 7.72. The molecule has 2 aromatic heterocycles. The second-order valence-electron chi connectivity index (χ2n) is 5.28. The maximum absolute atomic E-state index is 12.6. The summed E-state index contributed by atoms with van der Waals surface area (Å²) in [6.07, 6.45) is 3.15. The Bertz CT molecular complexity index is 618. The Labute approximate surface area is 122 Å². The monoisotopic (exact) mass is 290 g/mol. The number of rotatable bonds is 3. The van der Waals surface area contributed by atoms with Crippen LogP contribution >= 0.6 is 11.3 Å². The van der Waals surface area contributed by atoms with E-state index in [0.717, 1.165) is 25.1 Å². The van der Waals surface area contributed by atoms with E-state index >= 15 is 0 Å². The molecule has 2 heterocycles. The van der Waals surface area contributed by atoms with Gasteiger partial charge in [-0.05, 0) is 43.2 Å². The van der Waals surface area contributed by atoms with Crippen LogP contribution < -0.4 is 0 Å². The van der Waals surface area contributed by atoms with Gasteiger partial charge in [0, 0.05) is 11.9 Å². The van der Waals surface area contributed by atoms with Gasteiger partial charge in [0.1, 0.15) is 5.82 Å². The van der Waals surface area contributed by atoms with Crippen molar-refractivity contribution in [3.63, 3.8) is 0 Å². The van der Waals surface area contributed by atoms with E-state index in [2.05, 4.69) is 26.6 Å².